The predicted molar refractivity (Wildman–Crippen MR) is 45.0 cm³/mol. The lowest BCUT2D eigenvalue weighted by Crippen LogP contribution is -2.22. The topological polar surface area (TPSA) is 59.4 Å². The molecule has 0 aliphatic heterocycles. The van der Waals surface area contributed by atoms with E-state index >= 15 is 0 Å². The van der Waals surface area contributed by atoms with Gasteiger partial charge < -0.3 is 15.3 Å². The first kappa shape index (κ1) is 8.77. The average Bonchev–Trinajstić information content (AvgIpc) is 2.34. The molecule has 1 aromatic heterocycles. The van der Waals surface area contributed by atoms with Crippen LogP contribution in [-0.4, -0.2) is 11.2 Å². The molecule has 0 radical (unpaired) electrons. The predicted octanol–water partition coefficient (Wildman–Crippen LogP) is 1.42. The molecule has 1 rings (SSSR count). The van der Waals surface area contributed by atoms with Crippen LogP contribution in [-0.2, 0) is 0 Å². The molecule has 0 spiro atoms. The van der Waals surface area contributed by atoms with E-state index in [2.05, 4.69) is 15.9 Å². The van der Waals surface area contributed by atoms with E-state index in [-0.39, 0.29) is 0 Å². The Morgan fingerprint density at radius 3 is 2.64 bits per heavy atom. The van der Waals surface area contributed by atoms with Crippen LogP contribution in [0.1, 0.15) is 18.7 Å². The third-order valence-corrected chi connectivity index (χ3v) is 1.87. The molecule has 0 saturated carbocycles. The van der Waals surface area contributed by atoms with Crippen molar-refractivity contribution in [2.24, 2.45) is 5.73 Å². The van der Waals surface area contributed by atoms with Crippen LogP contribution in [0.5, 0.6) is 0 Å². The van der Waals surface area contributed by atoms with Crippen LogP contribution in [0.3, 0.4) is 0 Å². The minimum Gasteiger partial charge on any atom is -0.453 e. The normalized spacial score (nSPS) is 16.4. The Bertz CT molecular complexity index is 234. The van der Waals surface area contributed by atoms with Crippen molar-refractivity contribution >= 4 is 15.9 Å². The highest BCUT2D eigenvalue weighted by Gasteiger charge is 2.15. The van der Waals surface area contributed by atoms with E-state index in [1.165, 1.54) is 0 Å². The first-order chi connectivity index (χ1) is 5.11. The number of halogens is 1. The maximum atomic E-state index is 9.08. The summed E-state index contributed by atoms with van der Waals surface area (Å²) in [6, 6.07) is 3.04. The van der Waals surface area contributed by atoms with Crippen molar-refractivity contribution in [1.82, 2.24) is 0 Å². The van der Waals surface area contributed by atoms with E-state index in [1.807, 2.05) is 0 Å². The number of aliphatic hydroxyl groups is 1. The van der Waals surface area contributed by atoms with Gasteiger partial charge in [-0.1, -0.05) is 0 Å². The number of nitrogens with two attached hydrogens (primary N) is 1. The Morgan fingerprint density at radius 1 is 1.64 bits per heavy atom. The smallest absolute Gasteiger partial charge is 0.169 e. The van der Waals surface area contributed by atoms with Crippen LogP contribution in [0.2, 0.25) is 0 Å². The third kappa shape index (κ3) is 2.05. The summed E-state index contributed by atoms with van der Waals surface area (Å²) in [7, 11) is 0. The largest absolute Gasteiger partial charge is 0.453 e. The highest BCUT2D eigenvalue weighted by molar-refractivity contribution is 9.10. The molecule has 3 N–H and O–H groups in total. The standard InChI is InChI=1S/C7H10BrNO2/c1-4(10)7(9)5-2-3-6(8)11-5/h2-4,7,10H,9H2,1H3/t4-,7-/m0/s1. The van der Waals surface area contributed by atoms with Crippen LogP contribution in [0, 0.1) is 0 Å². The van der Waals surface area contributed by atoms with Crippen LogP contribution < -0.4 is 5.73 Å². The van der Waals surface area contributed by atoms with Gasteiger partial charge in [0.05, 0.1) is 12.1 Å². The molecule has 3 nitrogen and oxygen atoms in total. The van der Waals surface area contributed by atoms with Crippen molar-refractivity contribution in [3.63, 3.8) is 0 Å². The lowest BCUT2D eigenvalue weighted by molar-refractivity contribution is 0.153. The second-order valence-electron chi connectivity index (χ2n) is 2.41. The fourth-order valence-corrected chi connectivity index (χ4v) is 1.06. The van der Waals surface area contributed by atoms with Crippen LogP contribution in [0.15, 0.2) is 21.2 Å². The van der Waals surface area contributed by atoms with Crippen LogP contribution >= 0.6 is 15.9 Å². The zero-order valence-corrected chi connectivity index (χ0v) is 7.71. The number of furan rings is 1. The first-order valence-electron chi connectivity index (χ1n) is 3.30. The fourth-order valence-electron chi connectivity index (χ4n) is 0.745. The molecule has 0 aromatic carbocycles. The molecule has 0 aliphatic rings. The van der Waals surface area contributed by atoms with Gasteiger partial charge >= 0.3 is 0 Å². The van der Waals surface area contributed by atoms with Crippen molar-refractivity contribution in [1.29, 1.82) is 0 Å². The summed E-state index contributed by atoms with van der Waals surface area (Å²) in [4.78, 5) is 0. The highest BCUT2D eigenvalue weighted by atomic mass is 79.9. The van der Waals surface area contributed by atoms with Crippen LogP contribution in [0.4, 0.5) is 0 Å². The Hall–Kier alpha value is -0.320. The van der Waals surface area contributed by atoms with Crippen molar-refractivity contribution in [3.8, 4) is 0 Å². The van der Waals surface area contributed by atoms with E-state index in [4.69, 9.17) is 15.3 Å². The van der Waals surface area contributed by atoms with Gasteiger partial charge in [0.2, 0.25) is 0 Å². The van der Waals surface area contributed by atoms with Crippen molar-refractivity contribution < 1.29 is 9.52 Å². The minimum absolute atomic E-state index is 0.443. The van der Waals surface area contributed by atoms with Gasteiger partial charge in [-0.3, -0.25) is 0 Å². The van der Waals surface area contributed by atoms with Gasteiger partial charge in [0, 0.05) is 0 Å². The zero-order chi connectivity index (χ0) is 8.43. The number of hydrogen-bond acceptors (Lipinski definition) is 3. The first-order valence-corrected chi connectivity index (χ1v) is 4.09. The second kappa shape index (κ2) is 3.38. The maximum absolute atomic E-state index is 9.08. The summed E-state index contributed by atoms with van der Waals surface area (Å²) >= 11 is 3.15. The molecule has 2 atom stereocenters. The molecule has 0 aliphatic carbocycles. The van der Waals surface area contributed by atoms with E-state index in [0.717, 1.165) is 0 Å². The Balaban J connectivity index is 2.76. The van der Waals surface area contributed by atoms with E-state index in [0.29, 0.717) is 10.4 Å². The molecule has 4 heteroatoms. The highest BCUT2D eigenvalue weighted by Crippen LogP contribution is 2.20. The molecule has 1 heterocycles. The van der Waals surface area contributed by atoms with Gasteiger partial charge in [0.25, 0.3) is 0 Å². The number of hydrogen-bond donors (Lipinski definition) is 2. The molecular weight excluding hydrogens is 210 g/mol. The van der Waals surface area contributed by atoms with E-state index in [1.54, 1.807) is 19.1 Å². The second-order valence-corrected chi connectivity index (χ2v) is 3.19. The zero-order valence-electron chi connectivity index (χ0n) is 6.12. The molecule has 0 saturated heterocycles. The summed E-state index contributed by atoms with van der Waals surface area (Å²) in [5.41, 5.74) is 5.59. The Kier molecular flexibility index (Phi) is 2.70. The van der Waals surface area contributed by atoms with Gasteiger partial charge in [-0.25, -0.2) is 0 Å². The molecule has 62 valence electrons. The van der Waals surface area contributed by atoms with E-state index in [9.17, 15) is 0 Å². The lowest BCUT2D eigenvalue weighted by atomic mass is 10.1. The molecule has 0 amide bonds. The van der Waals surface area contributed by atoms with Crippen molar-refractivity contribution in [3.05, 3.63) is 22.6 Å². The Labute approximate surface area is 73.3 Å². The van der Waals surface area contributed by atoms with Gasteiger partial charge in [-0.05, 0) is 35.0 Å². The fraction of sp³-hybridized carbons (Fsp3) is 0.429. The number of aliphatic hydroxyl groups excluding tert-OH is 1. The van der Waals surface area contributed by atoms with Crippen molar-refractivity contribution in [2.45, 2.75) is 19.1 Å². The van der Waals surface area contributed by atoms with Gasteiger partial charge in [0.1, 0.15) is 5.76 Å². The quantitative estimate of drug-likeness (QED) is 0.792. The molecule has 0 fully saturated rings. The monoisotopic (exact) mass is 219 g/mol. The van der Waals surface area contributed by atoms with Gasteiger partial charge in [-0.15, -0.1) is 0 Å². The van der Waals surface area contributed by atoms with Crippen molar-refractivity contribution in [2.75, 3.05) is 0 Å². The SMILES string of the molecule is C[C@H](O)[C@H](N)c1ccc(Br)o1. The third-order valence-electron chi connectivity index (χ3n) is 1.44. The van der Waals surface area contributed by atoms with E-state index < -0.39 is 12.1 Å². The van der Waals surface area contributed by atoms with Gasteiger partial charge in [0.15, 0.2) is 4.67 Å². The summed E-state index contributed by atoms with van der Waals surface area (Å²) in [5, 5.41) is 9.08. The van der Waals surface area contributed by atoms with Gasteiger partial charge in [-0.2, -0.15) is 0 Å². The molecule has 11 heavy (non-hydrogen) atoms. The lowest BCUT2D eigenvalue weighted by Gasteiger charge is -2.10. The molecular formula is C7H10BrNO2. The summed E-state index contributed by atoms with van der Waals surface area (Å²) < 4.78 is 5.77. The molecule has 0 unspecified atom stereocenters. The summed E-state index contributed by atoms with van der Waals surface area (Å²) in [5.74, 6) is 0.590. The summed E-state index contributed by atoms with van der Waals surface area (Å²) in [6.07, 6.45) is -0.590. The number of rotatable bonds is 2. The average molecular weight is 220 g/mol. The summed E-state index contributed by atoms with van der Waals surface area (Å²) in [6.45, 7) is 1.63. The molecule has 1 aromatic rings. The molecule has 0 bridgehead atoms. The van der Waals surface area contributed by atoms with Crippen LogP contribution in [0.25, 0.3) is 0 Å². The maximum Gasteiger partial charge on any atom is 0.169 e. The Morgan fingerprint density at radius 2 is 2.27 bits per heavy atom. The minimum atomic E-state index is -0.590.